The molecule has 1 aliphatic rings. The van der Waals surface area contributed by atoms with Gasteiger partial charge in [0.15, 0.2) is 14.1 Å². The molecule has 0 amide bonds. The van der Waals surface area contributed by atoms with Crippen molar-refractivity contribution in [2.45, 2.75) is 70.1 Å². The standard InChI is InChI=1S/C16H27IO5Si/c1-16(2,3)23(5,6)22-15-12(18)9-11(10-14(19)20-4)21-13(15)7-8-17/h7-8,11,13,15H,9-10H2,1-6H3/b8-7+/t11-,13+,15-/m0/s1. The fourth-order valence-corrected chi connectivity index (χ4v) is 3.76. The van der Waals surface area contributed by atoms with Crippen LogP contribution in [-0.4, -0.2) is 45.5 Å². The molecule has 0 N–H and O–H groups in total. The number of rotatable bonds is 5. The van der Waals surface area contributed by atoms with Gasteiger partial charge in [0, 0.05) is 6.42 Å². The van der Waals surface area contributed by atoms with Gasteiger partial charge in [-0.25, -0.2) is 0 Å². The van der Waals surface area contributed by atoms with Gasteiger partial charge in [-0.1, -0.05) is 43.4 Å². The third kappa shape index (κ3) is 5.65. The molecule has 1 heterocycles. The number of halogens is 1. The van der Waals surface area contributed by atoms with E-state index in [0.29, 0.717) is 0 Å². The van der Waals surface area contributed by atoms with Gasteiger partial charge < -0.3 is 13.9 Å². The Bertz CT molecular complexity index is 470. The third-order valence-corrected chi connectivity index (χ3v) is 9.38. The summed E-state index contributed by atoms with van der Waals surface area (Å²) in [5, 5.41) is 0.00866. The molecule has 23 heavy (non-hydrogen) atoms. The Balaban J connectivity index is 2.91. The highest BCUT2D eigenvalue weighted by Gasteiger charge is 2.45. The van der Waals surface area contributed by atoms with Crippen molar-refractivity contribution < 1.29 is 23.5 Å². The molecule has 7 heteroatoms. The molecule has 5 nitrogen and oxygen atoms in total. The molecule has 0 spiro atoms. The van der Waals surface area contributed by atoms with E-state index in [1.54, 1.807) is 0 Å². The van der Waals surface area contributed by atoms with E-state index >= 15 is 0 Å². The first-order valence-electron chi connectivity index (χ1n) is 7.71. The fourth-order valence-electron chi connectivity index (χ4n) is 2.10. The lowest BCUT2D eigenvalue weighted by molar-refractivity contribution is -0.157. The van der Waals surface area contributed by atoms with Crippen LogP contribution in [0.15, 0.2) is 10.2 Å². The predicted molar refractivity (Wildman–Crippen MR) is 100 cm³/mol. The van der Waals surface area contributed by atoms with E-state index < -0.39 is 26.6 Å². The Kier molecular flexibility index (Phi) is 7.43. The molecule has 0 aromatic rings. The summed E-state index contributed by atoms with van der Waals surface area (Å²) in [6.45, 7) is 10.6. The monoisotopic (exact) mass is 454 g/mol. The first-order valence-corrected chi connectivity index (χ1v) is 11.9. The molecule has 0 unspecified atom stereocenters. The average molecular weight is 454 g/mol. The van der Waals surface area contributed by atoms with Gasteiger partial charge in [-0.15, -0.1) is 0 Å². The van der Waals surface area contributed by atoms with Gasteiger partial charge in [0.05, 0.1) is 19.6 Å². The molecule has 0 aromatic heterocycles. The van der Waals surface area contributed by atoms with Crippen LogP contribution in [0.4, 0.5) is 0 Å². The zero-order chi connectivity index (χ0) is 17.8. The van der Waals surface area contributed by atoms with Crippen molar-refractivity contribution >= 4 is 42.7 Å². The molecule has 0 radical (unpaired) electrons. The van der Waals surface area contributed by atoms with Gasteiger partial charge in [-0.2, -0.15) is 0 Å². The maximum Gasteiger partial charge on any atom is 0.308 e. The van der Waals surface area contributed by atoms with Crippen LogP contribution >= 0.6 is 22.6 Å². The quantitative estimate of drug-likeness (QED) is 0.361. The van der Waals surface area contributed by atoms with E-state index in [4.69, 9.17) is 9.16 Å². The van der Waals surface area contributed by atoms with Gasteiger partial charge in [0.1, 0.15) is 12.2 Å². The first kappa shape index (κ1) is 20.8. The molecule has 1 saturated heterocycles. The van der Waals surface area contributed by atoms with Crippen molar-refractivity contribution in [3.05, 3.63) is 10.2 Å². The highest BCUT2D eigenvalue weighted by atomic mass is 127. The van der Waals surface area contributed by atoms with Gasteiger partial charge in [-0.3, -0.25) is 9.59 Å². The van der Waals surface area contributed by atoms with Gasteiger partial charge in [0.25, 0.3) is 0 Å². The Morgan fingerprint density at radius 2 is 2.04 bits per heavy atom. The number of carbonyl (C=O) groups is 2. The minimum atomic E-state index is -2.09. The molecule has 1 rings (SSSR count). The lowest BCUT2D eigenvalue weighted by Crippen LogP contribution is -2.54. The number of Topliss-reactive ketones (excluding diaryl/α,β-unsaturated/α-hetero) is 1. The maximum absolute atomic E-state index is 12.6. The Labute approximate surface area is 153 Å². The van der Waals surface area contributed by atoms with E-state index in [1.165, 1.54) is 7.11 Å². The zero-order valence-corrected chi connectivity index (χ0v) is 17.9. The van der Waals surface area contributed by atoms with E-state index in [9.17, 15) is 9.59 Å². The van der Waals surface area contributed by atoms with Crippen LogP contribution in [0.5, 0.6) is 0 Å². The molecule has 0 saturated carbocycles. The topological polar surface area (TPSA) is 61.8 Å². The molecular formula is C16H27IO5Si. The lowest BCUT2D eigenvalue weighted by atomic mass is 9.98. The predicted octanol–water partition coefficient (Wildman–Crippen LogP) is 3.62. The third-order valence-electron chi connectivity index (χ3n) is 4.51. The number of ketones is 1. The van der Waals surface area contributed by atoms with E-state index in [-0.39, 0.29) is 29.6 Å². The molecule has 1 aliphatic heterocycles. The Morgan fingerprint density at radius 1 is 1.43 bits per heavy atom. The minimum absolute atomic E-state index is 0.00511. The van der Waals surface area contributed by atoms with E-state index in [0.717, 1.165) is 0 Å². The smallest absolute Gasteiger partial charge is 0.308 e. The molecule has 1 fully saturated rings. The summed E-state index contributed by atoms with van der Waals surface area (Å²) in [6.07, 6.45) is 0.569. The summed E-state index contributed by atoms with van der Waals surface area (Å²) in [5.41, 5.74) is 0. The summed E-state index contributed by atoms with van der Waals surface area (Å²) in [6, 6.07) is 0. The second kappa shape index (κ2) is 8.22. The maximum atomic E-state index is 12.6. The summed E-state index contributed by atoms with van der Waals surface area (Å²) in [5.74, 6) is -0.377. The molecular weight excluding hydrogens is 427 g/mol. The number of esters is 1. The molecule has 0 bridgehead atoms. The summed E-state index contributed by atoms with van der Waals surface area (Å²) < 4.78 is 18.7. The number of carbonyl (C=O) groups excluding carboxylic acids is 2. The van der Waals surface area contributed by atoms with E-state index in [1.807, 2.05) is 10.2 Å². The van der Waals surface area contributed by atoms with Crippen LogP contribution in [0.25, 0.3) is 0 Å². The highest BCUT2D eigenvalue weighted by molar-refractivity contribution is 14.1. The number of ether oxygens (including phenoxy) is 2. The molecule has 132 valence electrons. The first-order chi connectivity index (χ1) is 10.5. The van der Waals surface area contributed by atoms with E-state index in [2.05, 4.69) is 61.2 Å². The van der Waals surface area contributed by atoms with Crippen molar-refractivity contribution in [2.24, 2.45) is 0 Å². The lowest BCUT2D eigenvalue weighted by Gasteiger charge is -2.42. The van der Waals surface area contributed by atoms with Crippen molar-refractivity contribution in [1.29, 1.82) is 0 Å². The normalized spacial score (nSPS) is 26.6. The number of methoxy groups -OCH3 is 1. The Hall–Kier alpha value is -0.253. The van der Waals surface area contributed by atoms with Gasteiger partial charge in [-0.05, 0) is 28.3 Å². The summed E-state index contributed by atoms with van der Waals surface area (Å²) in [7, 11) is -0.763. The van der Waals surface area contributed by atoms with Crippen molar-refractivity contribution in [3.8, 4) is 0 Å². The van der Waals surface area contributed by atoms with Crippen LogP contribution in [0.3, 0.4) is 0 Å². The van der Waals surface area contributed by atoms with Gasteiger partial charge in [0.2, 0.25) is 0 Å². The minimum Gasteiger partial charge on any atom is -0.469 e. The van der Waals surface area contributed by atoms with Crippen LogP contribution in [0.2, 0.25) is 18.1 Å². The van der Waals surface area contributed by atoms with Crippen molar-refractivity contribution in [3.63, 3.8) is 0 Å². The largest absolute Gasteiger partial charge is 0.469 e. The second-order valence-electron chi connectivity index (χ2n) is 7.29. The van der Waals surface area contributed by atoms with Crippen LogP contribution in [0, 0.1) is 0 Å². The van der Waals surface area contributed by atoms with Crippen molar-refractivity contribution in [2.75, 3.05) is 7.11 Å². The highest BCUT2D eigenvalue weighted by Crippen LogP contribution is 2.39. The average Bonchev–Trinajstić information content (AvgIpc) is 2.41. The summed E-state index contributed by atoms with van der Waals surface area (Å²) >= 11 is 2.09. The number of hydrogen-bond donors (Lipinski definition) is 0. The zero-order valence-electron chi connectivity index (χ0n) is 14.7. The summed E-state index contributed by atoms with van der Waals surface area (Å²) in [4.78, 5) is 24.0. The Morgan fingerprint density at radius 3 is 2.52 bits per heavy atom. The van der Waals surface area contributed by atoms with Crippen molar-refractivity contribution in [1.82, 2.24) is 0 Å². The number of hydrogen-bond acceptors (Lipinski definition) is 5. The molecule has 0 aromatic carbocycles. The van der Waals surface area contributed by atoms with Crippen LogP contribution in [-0.2, 0) is 23.5 Å². The SMILES string of the molecule is COC(=O)C[C@@H]1CC(=O)[C@H](O[Si](C)(C)C(C)(C)C)[C@@H](/C=C/I)O1. The second-order valence-corrected chi connectivity index (χ2v) is 12.8. The van der Waals surface area contributed by atoms with Crippen LogP contribution < -0.4 is 0 Å². The van der Waals surface area contributed by atoms with Crippen LogP contribution in [0.1, 0.15) is 33.6 Å². The van der Waals surface area contributed by atoms with Gasteiger partial charge >= 0.3 is 5.97 Å². The molecule has 0 aliphatic carbocycles. The fraction of sp³-hybridized carbons (Fsp3) is 0.750. The molecule has 3 atom stereocenters.